The molecule has 0 bridgehead atoms. The molecule has 0 atom stereocenters. The van der Waals surface area contributed by atoms with Gasteiger partial charge in [-0.05, 0) is 38.3 Å². The third kappa shape index (κ3) is 3.36. The molecule has 1 nitrogen and oxygen atoms in total. The highest BCUT2D eigenvalue weighted by molar-refractivity contribution is 9.12. The number of thiophene rings is 1. The molecule has 0 unspecified atom stereocenters. The van der Waals surface area contributed by atoms with Crippen molar-refractivity contribution in [2.24, 2.45) is 0 Å². The van der Waals surface area contributed by atoms with Gasteiger partial charge in [0.15, 0.2) is 0 Å². The lowest BCUT2D eigenvalue weighted by Crippen LogP contribution is -1.96. The summed E-state index contributed by atoms with van der Waals surface area (Å²) in [6.45, 7) is 0.757. The number of hydrogen-bond donors (Lipinski definition) is 0. The maximum atomic E-state index is 5.50. The van der Waals surface area contributed by atoms with Crippen molar-refractivity contribution in [2.75, 3.05) is 11.9 Å². The van der Waals surface area contributed by atoms with Gasteiger partial charge in [-0.2, -0.15) is 0 Å². The molecule has 0 aromatic carbocycles. The van der Waals surface area contributed by atoms with Crippen LogP contribution in [0.2, 0.25) is 0 Å². The minimum absolute atomic E-state index is 0.757. The van der Waals surface area contributed by atoms with Crippen molar-refractivity contribution in [3.8, 4) is 5.75 Å². The third-order valence-electron chi connectivity index (χ3n) is 1.16. The monoisotopic (exact) mass is 376 g/mol. The Balaban J connectivity index is 2.45. The standard InChI is InChI=1S/C7H7Br3OS/c8-2-1-3-11-5-4-6(9)12-7(5)10/h4H,1-3H2. The molecular weight excluding hydrogens is 372 g/mol. The van der Waals surface area contributed by atoms with Gasteiger partial charge in [-0.1, -0.05) is 15.9 Å². The van der Waals surface area contributed by atoms with Crippen LogP contribution in [0.25, 0.3) is 0 Å². The minimum atomic E-state index is 0.757. The zero-order chi connectivity index (χ0) is 8.97. The van der Waals surface area contributed by atoms with Gasteiger partial charge in [-0.15, -0.1) is 11.3 Å². The first-order valence-corrected chi connectivity index (χ1v) is 6.90. The second kappa shape index (κ2) is 5.62. The summed E-state index contributed by atoms with van der Waals surface area (Å²) in [6, 6.07) is 1.98. The fraction of sp³-hybridized carbons (Fsp3) is 0.429. The third-order valence-corrected chi connectivity index (χ3v) is 4.01. The molecule has 0 saturated carbocycles. The maximum absolute atomic E-state index is 5.50. The predicted octanol–water partition coefficient (Wildman–Crippen LogP) is 4.44. The Morgan fingerprint density at radius 3 is 2.67 bits per heavy atom. The summed E-state index contributed by atoms with van der Waals surface area (Å²) in [4.78, 5) is 0. The van der Waals surface area contributed by atoms with Crippen molar-refractivity contribution < 1.29 is 4.74 Å². The molecule has 0 fully saturated rings. The molecule has 1 rings (SSSR count). The summed E-state index contributed by atoms with van der Waals surface area (Å²) in [5.74, 6) is 0.924. The summed E-state index contributed by atoms with van der Waals surface area (Å²) in [5.41, 5.74) is 0. The summed E-state index contributed by atoms with van der Waals surface area (Å²) in [5, 5.41) is 0.982. The van der Waals surface area contributed by atoms with Gasteiger partial charge >= 0.3 is 0 Å². The summed E-state index contributed by atoms with van der Waals surface area (Å²) < 4.78 is 7.63. The largest absolute Gasteiger partial charge is 0.491 e. The van der Waals surface area contributed by atoms with Gasteiger partial charge in [0.2, 0.25) is 0 Å². The van der Waals surface area contributed by atoms with Gasteiger partial charge in [0.05, 0.1) is 10.4 Å². The first-order chi connectivity index (χ1) is 5.74. The Morgan fingerprint density at radius 2 is 2.17 bits per heavy atom. The van der Waals surface area contributed by atoms with E-state index >= 15 is 0 Å². The maximum Gasteiger partial charge on any atom is 0.145 e. The average molecular weight is 379 g/mol. The van der Waals surface area contributed by atoms with E-state index < -0.39 is 0 Å². The number of alkyl halides is 1. The molecule has 1 aromatic heterocycles. The molecule has 5 heteroatoms. The Kier molecular flexibility index (Phi) is 5.16. The van der Waals surface area contributed by atoms with Gasteiger partial charge in [-0.25, -0.2) is 0 Å². The number of rotatable bonds is 4. The fourth-order valence-electron chi connectivity index (χ4n) is 0.660. The topological polar surface area (TPSA) is 9.23 Å². The van der Waals surface area contributed by atoms with E-state index in [1.165, 1.54) is 0 Å². The lowest BCUT2D eigenvalue weighted by molar-refractivity contribution is 0.318. The Labute approximate surface area is 101 Å². The zero-order valence-electron chi connectivity index (χ0n) is 6.15. The first-order valence-electron chi connectivity index (χ1n) is 3.37. The lowest BCUT2D eigenvalue weighted by Gasteiger charge is -2.01. The molecule has 0 amide bonds. The van der Waals surface area contributed by atoms with Crippen LogP contribution < -0.4 is 4.74 Å². The van der Waals surface area contributed by atoms with E-state index in [9.17, 15) is 0 Å². The van der Waals surface area contributed by atoms with Crippen LogP contribution in [0.1, 0.15) is 6.42 Å². The zero-order valence-corrected chi connectivity index (χ0v) is 11.7. The van der Waals surface area contributed by atoms with E-state index in [1.54, 1.807) is 11.3 Å². The predicted molar refractivity (Wildman–Crippen MR) is 63.6 cm³/mol. The second-order valence-electron chi connectivity index (χ2n) is 2.08. The normalized spacial score (nSPS) is 10.2. The quantitative estimate of drug-likeness (QED) is 0.556. The number of ether oxygens (including phenoxy) is 1. The van der Waals surface area contributed by atoms with Gasteiger partial charge in [0.1, 0.15) is 9.54 Å². The number of halogens is 3. The van der Waals surface area contributed by atoms with E-state index in [4.69, 9.17) is 4.74 Å². The van der Waals surface area contributed by atoms with Crippen LogP contribution in [0.5, 0.6) is 5.75 Å². The molecule has 0 radical (unpaired) electrons. The molecule has 0 aliphatic carbocycles. The number of hydrogen-bond acceptors (Lipinski definition) is 2. The van der Waals surface area contributed by atoms with Gasteiger partial charge < -0.3 is 4.74 Å². The van der Waals surface area contributed by atoms with E-state index in [0.717, 1.165) is 31.7 Å². The highest BCUT2D eigenvalue weighted by Gasteiger charge is 2.05. The molecule has 0 N–H and O–H groups in total. The minimum Gasteiger partial charge on any atom is -0.491 e. The van der Waals surface area contributed by atoms with Crippen LogP contribution in [-0.4, -0.2) is 11.9 Å². The average Bonchev–Trinajstić information content (AvgIpc) is 2.31. The molecule has 0 aliphatic heterocycles. The van der Waals surface area contributed by atoms with Crippen LogP contribution >= 0.6 is 59.1 Å². The van der Waals surface area contributed by atoms with E-state index in [1.807, 2.05) is 6.07 Å². The van der Waals surface area contributed by atoms with Crippen LogP contribution in [-0.2, 0) is 0 Å². The molecule has 68 valence electrons. The highest BCUT2D eigenvalue weighted by atomic mass is 79.9. The van der Waals surface area contributed by atoms with Crippen molar-refractivity contribution in [1.29, 1.82) is 0 Å². The Morgan fingerprint density at radius 1 is 1.42 bits per heavy atom. The summed E-state index contributed by atoms with van der Waals surface area (Å²) in [7, 11) is 0. The summed E-state index contributed by atoms with van der Waals surface area (Å²) in [6.07, 6.45) is 1.03. The van der Waals surface area contributed by atoms with E-state index in [0.29, 0.717) is 0 Å². The van der Waals surface area contributed by atoms with Crippen molar-refractivity contribution in [3.63, 3.8) is 0 Å². The smallest absolute Gasteiger partial charge is 0.145 e. The molecular formula is C7H7Br3OS. The van der Waals surface area contributed by atoms with Crippen LogP contribution in [0.15, 0.2) is 13.6 Å². The van der Waals surface area contributed by atoms with Crippen molar-refractivity contribution in [3.05, 3.63) is 13.6 Å². The SMILES string of the molecule is BrCCCOc1cc(Br)sc1Br. The van der Waals surface area contributed by atoms with Crippen molar-refractivity contribution >= 4 is 59.1 Å². The fourth-order valence-corrected chi connectivity index (χ4v) is 3.54. The van der Waals surface area contributed by atoms with Gasteiger partial charge in [0, 0.05) is 11.4 Å². The molecule has 1 heterocycles. The molecule has 0 saturated heterocycles. The van der Waals surface area contributed by atoms with Crippen molar-refractivity contribution in [2.45, 2.75) is 6.42 Å². The van der Waals surface area contributed by atoms with Gasteiger partial charge in [0.25, 0.3) is 0 Å². The van der Waals surface area contributed by atoms with Crippen LogP contribution in [0.3, 0.4) is 0 Å². The molecule has 0 aliphatic rings. The summed E-state index contributed by atoms with van der Waals surface area (Å²) >= 11 is 11.8. The Hall–Kier alpha value is 0.940. The van der Waals surface area contributed by atoms with Crippen molar-refractivity contribution in [1.82, 2.24) is 0 Å². The molecule has 12 heavy (non-hydrogen) atoms. The second-order valence-corrected chi connectivity index (χ2v) is 6.62. The van der Waals surface area contributed by atoms with Gasteiger partial charge in [-0.3, -0.25) is 0 Å². The first kappa shape index (κ1) is 11.0. The van der Waals surface area contributed by atoms with Crippen LogP contribution in [0.4, 0.5) is 0 Å². The molecule has 1 aromatic rings. The van der Waals surface area contributed by atoms with E-state index in [2.05, 4.69) is 47.8 Å². The molecule has 0 spiro atoms. The van der Waals surface area contributed by atoms with Crippen LogP contribution in [0, 0.1) is 0 Å². The lowest BCUT2D eigenvalue weighted by atomic mass is 10.5. The Bertz CT molecular complexity index is 249. The van der Waals surface area contributed by atoms with E-state index in [-0.39, 0.29) is 0 Å². The highest BCUT2D eigenvalue weighted by Crippen LogP contribution is 2.37.